The van der Waals surface area contributed by atoms with Crippen molar-refractivity contribution in [3.63, 3.8) is 0 Å². The molecule has 0 spiro atoms. The summed E-state index contributed by atoms with van der Waals surface area (Å²) in [7, 11) is 0. The van der Waals surface area contributed by atoms with Crippen molar-refractivity contribution in [1.29, 1.82) is 0 Å². The molecule has 2 unspecified atom stereocenters. The maximum atomic E-state index is 9.75. The first-order valence-corrected chi connectivity index (χ1v) is 7.22. The molecule has 0 aliphatic heterocycles. The minimum Gasteiger partial charge on any atom is -0.387 e. The molecule has 0 aromatic heterocycles. The zero-order chi connectivity index (χ0) is 18.3. The summed E-state index contributed by atoms with van der Waals surface area (Å²) in [5, 5.41) is 96.0. The van der Waals surface area contributed by atoms with Crippen molar-refractivity contribution >= 4 is 0 Å². The van der Waals surface area contributed by atoms with E-state index in [2.05, 4.69) is 9.78 Å². The fraction of sp³-hybridized carbons (Fsp3) is 1.00. The Bertz CT molecular complexity index is 353. The van der Waals surface area contributed by atoms with Crippen molar-refractivity contribution in [3.8, 4) is 0 Å². The summed E-state index contributed by atoms with van der Waals surface area (Å²) in [6.07, 6.45) is -22.3. The van der Waals surface area contributed by atoms with Crippen LogP contribution in [0.2, 0.25) is 0 Å². The van der Waals surface area contributed by atoms with Gasteiger partial charge in [-0.2, -0.15) is 0 Å². The minimum absolute atomic E-state index is 1.78. The lowest BCUT2D eigenvalue weighted by Gasteiger charge is -2.43. The lowest BCUT2D eigenvalue weighted by atomic mass is 9.84. The standard InChI is InChI=1S/C12H22O12/c13-1-3(15)7(19)11(8(20)4(1)16)23-24-12-9(21)5(17)2(14)6(18)10(12)22/h1-22H/t1?,2?,3-,4-,5+,6+,7-,8-,9-,10+,11?,12?/m0/s1. The van der Waals surface area contributed by atoms with Crippen LogP contribution in [0.5, 0.6) is 0 Å². The molecule has 142 valence electrons. The molecule has 0 heterocycles. The molecule has 0 aromatic rings. The van der Waals surface area contributed by atoms with Crippen LogP contribution in [0.25, 0.3) is 0 Å². The molecule has 10 N–H and O–H groups in total. The van der Waals surface area contributed by atoms with E-state index < -0.39 is 73.2 Å². The Balaban J connectivity index is 2.06. The van der Waals surface area contributed by atoms with E-state index in [1.807, 2.05) is 0 Å². The van der Waals surface area contributed by atoms with Crippen LogP contribution >= 0.6 is 0 Å². The van der Waals surface area contributed by atoms with Gasteiger partial charge in [0.2, 0.25) is 0 Å². The summed E-state index contributed by atoms with van der Waals surface area (Å²) in [5.41, 5.74) is 0. The molecule has 2 aliphatic rings. The van der Waals surface area contributed by atoms with Gasteiger partial charge in [-0.05, 0) is 0 Å². The van der Waals surface area contributed by atoms with Gasteiger partial charge in [-0.3, -0.25) is 0 Å². The van der Waals surface area contributed by atoms with Crippen molar-refractivity contribution in [2.45, 2.75) is 73.2 Å². The van der Waals surface area contributed by atoms with E-state index in [0.29, 0.717) is 0 Å². The predicted molar refractivity (Wildman–Crippen MR) is 69.8 cm³/mol. The van der Waals surface area contributed by atoms with E-state index in [1.165, 1.54) is 0 Å². The van der Waals surface area contributed by atoms with E-state index in [1.54, 1.807) is 0 Å². The van der Waals surface area contributed by atoms with Gasteiger partial charge in [-0.1, -0.05) is 0 Å². The largest absolute Gasteiger partial charge is 0.387 e. The third kappa shape index (κ3) is 3.29. The Morgan fingerprint density at radius 1 is 0.292 bits per heavy atom. The summed E-state index contributed by atoms with van der Waals surface area (Å²) in [4.78, 5) is 9.31. The molecule has 0 aromatic carbocycles. The van der Waals surface area contributed by atoms with Crippen LogP contribution in [-0.4, -0.2) is 124 Å². The van der Waals surface area contributed by atoms with Crippen LogP contribution in [-0.2, 0) is 9.78 Å². The molecule has 2 aliphatic carbocycles. The number of aliphatic hydroxyl groups is 10. The van der Waals surface area contributed by atoms with Crippen molar-refractivity contribution in [2.24, 2.45) is 0 Å². The summed E-state index contributed by atoms with van der Waals surface area (Å²) in [5.74, 6) is 0. The van der Waals surface area contributed by atoms with Crippen LogP contribution in [0.15, 0.2) is 0 Å². The van der Waals surface area contributed by atoms with Gasteiger partial charge < -0.3 is 51.1 Å². The van der Waals surface area contributed by atoms with E-state index in [4.69, 9.17) is 0 Å². The van der Waals surface area contributed by atoms with Gasteiger partial charge in [-0.15, -0.1) is 0 Å². The topological polar surface area (TPSA) is 221 Å². The maximum absolute atomic E-state index is 9.75. The quantitative estimate of drug-likeness (QED) is 0.168. The van der Waals surface area contributed by atoms with Gasteiger partial charge in [0.25, 0.3) is 0 Å². The second kappa shape index (κ2) is 7.41. The Morgan fingerprint density at radius 3 is 0.667 bits per heavy atom. The first-order chi connectivity index (χ1) is 11.1. The highest BCUT2D eigenvalue weighted by atomic mass is 17.2. The molecule has 2 saturated carbocycles. The lowest BCUT2D eigenvalue weighted by Crippen LogP contribution is -2.66. The molecule has 0 radical (unpaired) electrons. The average molecular weight is 358 g/mol. The highest BCUT2D eigenvalue weighted by molar-refractivity contribution is 5.00. The molecule has 10 atom stereocenters. The maximum Gasteiger partial charge on any atom is 0.150 e. The molecule has 0 bridgehead atoms. The van der Waals surface area contributed by atoms with Crippen LogP contribution in [0.3, 0.4) is 0 Å². The van der Waals surface area contributed by atoms with Crippen LogP contribution in [0, 0.1) is 0 Å². The normalized spacial score (nSPS) is 56.2. The molecular formula is C12H22O12. The first kappa shape index (κ1) is 19.8. The SMILES string of the molecule is OC1[C@@H](O)[C@H](O)C(OOC2[C@@H](O)[C@@H](O)C(O)[C@H](O)[C@@H]2O)[C@H](O)[C@@H]1O. The molecular weight excluding hydrogens is 336 g/mol. The first-order valence-electron chi connectivity index (χ1n) is 7.22. The Kier molecular flexibility index (Phi) is 6.12. The zero-order valence-corrected chi connectivity index (χ0v) is 12.2. The molecule has 12 heteroatoms. The smallest absolute Gasteiger partial charge is 0.150 e. The highest BCUT2D eigenvalue weighted by Crippen LogP contribution is 2.28. The molecule has 0 amide bonds. The fourth-order valence-corrected chi connectivity index (χ4v) is 2.75. The van der Waals surface area contributed by atoms with Gasteiger partial charge >= 0.3 is 0 Å². The van der Waals surface area contributed by atoms with Crippen LogP contribution < -0.4 is 0 Å². The second-order valence-electron chi connectivity index (χ2n) is 6.03. The molecule has 2 fully saturated rings. The van der Waals surface area contributed by atoms with Gasteiger partial charge in [0.1, 0.15) is 73.2 Å². The Morgan fingerprint density at radius 2 is 0.458 bits per heavy atom. The van der Waals surface area contributed by atoms with Crippen molar-refractivity contribution < 1.29 is 60.8 Å². The van der Waals surface area contributed by atoms with Crippen LogP contribution in [0.1, 0.15) is 0 Å². The molecule has 12 nitrogen and oxygen atoms in total. The van der Waals surface area contributed by atoms with Crippen molar-refractivity contribution in [1.82, 2.24) is 0 Å². The summed E-state index contributed by atoms with van der Waals surface area (Å²) >= 11 is 0. The third-order valence-electron chi connectivity index (χ3n) is 4.42. The second-order valence-corrected chi connectivity index (χ2v) is 6.03. The number of hydrogen-bond acceptors (Lipinski definition) is 12. The van der Waals surface area contributed by atoms with E-state index in [9.17, 15) is 51.1 Å². The minimum atomic E-state index is -1.89. The Hall–Kier alpha value is -0.480. The summed E-state index contributed by atoms with van der Waals surface area (Å²) < 4.78 is 0. The van der Waals surface area contributed by atoms with E-state index >= 15 is 0 Å². The van der Waals surface area contributed by atoms with Crippen molar-refractivity contribution in [2.75, 3.05) is 0 Å². The van der Waals surface area contributed by atoms with Gasteiger partial charge in [0, 0.05) is 0 Å². The van der Waals surface area contributed by atoms with Gasteiger partial charge in [0.15, 0.2) is 0 Å². The van der Waals surface area contributed by atoms with Crippen molar-refractivity contribution in [3.05, 3.63) is 0 Å². The number of aliphatic hydroxyl groups excluding tert-OH is 10. The fourth-order valence-electron chi connectivity index (χ4n) is 2.75. The summed E-state index contributed by atoms with van der Waals surface area (Å²) in [6.45, 7) is 0. The van der Waals surface area contributed by atoms with E-state index in [0.717, 1.165) is 0 Å². The molecule has 24 heavy (non-hydrogen) atoms. The lowest BCUT2D eigenvalue weighted by molar-refractivity contribution is -0.422. The molecule has 2 rings (SSSR count). The van der Waals surface area contributed by atoms with Crippen LogP contribution in [0.4, 0.5) is 0 Å². The van der Waals surface area contributed by atoms with Gasteiger partial charge in [0.05, 0.1) is 0 Å². The van der Waals surface area contributed by atoms with E-state index in [-0.39, 0.29) is 0 Å². The Labute approximate surface area is 135 Å². The average Bonchev–Trinajstić information content (AvgIpc) is 2.57. The third-order valence-corrected chi connectivity index (χ3v) is 4.42. The molecule has 0 saturated heterocycles. The summed E-state index contributed by atoms with van der Waals surface area (Å²) in [6, 6.07) is 0. The highest BCUT2D eigenvalue weighted by Gasteiger charge is 2.53. The zero-order valence-electron chi connectivity index (χ0n) is 12.2. The monoisotopic (exact) mass is 358 g/mol. The predicted octanol–water partition coefficient (Wildman–Crippen LogP) is -6.69. The van der Waals surface area contributed by atoms with Gasteiger partial charge in [-0.25, -0.2) is 9.78 Å². The number of rotatable bonds is 3. The number of hydrogen-bond donors (Lipinski definition) is 10.